The number of ether oxygens (including phenoxy) is 1. The summed E-state index contributed by atoms with van der Waals surface area (Å²) in [6.07, 6.45) is 7.16. The molecule has 1 aromatic rings. The quantitative estimate of drug-likeness (QED) is 0.821. The third-order valence-corrected chi connectivity index (χ3v) is 5.38. The largest absolute Gasteiger partial charge is 0.487 e. The fourth-order valence-corrected chi connectivity index (χ4v) is 3.98. The summed E-state index contributed by atoms with van der Waals surface area (Å²) in [6.45, 7) is 2.29. The van der Waals surface area contributed by atoms with Crippen LogP contribution in [0.25, 0.3) is 0 Å². The van der Waals surface area contributed by atoms with Crippen molar-refractivity contribution in [3.8, 4) is 5.75 Å². The van der Waals surface area contributed by atoms with Crippen molar-refractivity contribution in [3.05, 3.63) is 28.2 Å². The maximum absolute atomic E-state index is 6.39. The van der Waals surface area contributed by atoms with Gasteiger partial charge in [-0.2, -0.15) is 0 Å². The third-order valence-electron chi connectivity index (χ3n) is 4.88. The molecule has 3 rings (SSSR count). The number of rotatable bonds is 1. The van der Waals surface area contributed by atoms with Gasteiger partial charge in [0.05, 0.1) is 0 Å². The highest BCUT2D eigenvalue weighted by Crippen LogP contribution is 2.47. The second-order valence-corrected chi connectivity index (χ2v) is 7.05. The number of hydrogen-bond acceptors (Lipinski definition) is 2. The summed E-state index contributed by atoms with van der Waals surface area (Å²) in [7, 11) is 0. The molecule has 2 N–H and O–H groups in total. The Bertz CT molecular complexity index is 466. The van der Waals surface area contributed by atoms with Crippen molar-refractivity contribution in [3.63, 3.8) is 0 Å². The lowest BCUT2D eigenvalue weighted by atomic mass is 9.73. The van der Waals surface area contributed by atoms with Gasteiger partial charge in [-0.05, 0) is 49.8 Å². The molecule has 0 radical (unpaired) electrons. The molecule has 1 saturated carbocycles. The minimum absolute atomic E-state index is 0.00587. The minimum Gasteiger partial charge on any atom is -0.487 e. The van der Waals surface area contributed by atoms with Gasteiger partial charge < -0.3 is 10.5 Å². The molecule has 1 aliphatic carbocycles. The van der Waals surface area contributed by atoms with Gasteiger partial charge in [-0.3, -0.25) is 0 Å². The Morgan fingerprint density at radius 1 is 1.37 bits per heavy atom. The van der Waals surface area contributed by atoms with Crippen LogP contribution in [0.2, 0.25) is 0 Å². The molecule has 1 aliphatic heterocycles. The molecule has 2 aliphatic rings. The lowest BCUT2D eigenvalue weighted by Crippen LogP contribution is -2.45. The van der Waals surface area contributed by atoms with Crippen LogP contribution in [-0.4, -0.2) is 5.60 Å². The van der Waals surface area contributed by atoms with E-state index in [1.807, 2.05) is 6.07 Å². The molecule has 2 nitrogen and oxygen atoms in total. The van der Waals surface area contributed by atoms with E-state index in [1.165, 1.54) is 19.3 Å². The molecule has 3 heteroatoms. The molecular formula is C16H22BrNO. The van der Waals surface area contributed by atoms with Crippen molar-refractivity contribution in [1.29, 1.82) is 0 Å². The number of hydrogen-bond donors (Lipinski definition) is 1. The predicted octanol–water partition coefficient (Wildman–Crippen LogP) is 4.57. The van der Waals surface area contributed by atoms with Gasteiger partial charge in [0.2, 0.25) is 0 Å². The lowest BCUT2D eigenvalue weighted by Gasteiger charge is -2.45. The van der Waals surface area contributed by atoms with E-state index in [2.05, 4.69) is 35.0 Å². The fraction of sp³-hybridized carbons (Fsp3) is 0.625. The molecule has 1 heterocycles. The van der Waals surface area contributed by atoms with E-state index in [0.29, 0.717) is 0 Å². The predicted molar refractivity (Wildman–Crippen MR) is 81.3 cm³/mol. The van der Waals surface area contributed by atoms with Crippen LogP contribution >= 0.6 is 15.9 Å². The fourth-order valence-electron chi connectivity index (χ4n) is 3.61. The molecule has 1 atom stereocenters. The molecule has 0 aromatic heterocycles. The first kappa shape index (κ1) is 13.4. The first-order valence-electron chi connectivity index (χ1n) is 7.36. The Labute approximate surface area is 123 Å². The van der Waals surface area contributed by atoms with Crippen molar-refractivity contribution in [1.82, 2.24) is 0 Å². The molecule has 0 unspecified atom stereocenters. The summed E-state index contributed by atoms with van der Waals surface area (Å²) in [6, 6.07) is 6.32. The molecule has 19 heavy (non-hydrogen) atoms. The molecule has 1 aromatic carbocycles. The van der Waals surface area contributed by atoms with Crippen LogP contribution in [0.4, 0.5) is 0 Å². The molecule has 1 spiro atoms. The van der Waals surface area contributed by atoms with Crippen LogP contribution < -0.4 is 10.5 Å². The van der Waals surface area contributed by atoms with Crippen molar-refractivity contribution in [2.24, 2.45) is 11.7 Å². The maximum Gasteiger partial charge on any atom is 0.124 e. The van der Waals surface area contributed by atoms with E-state index in [1.54, 1.807) is 0 Å². The van der Waals surface area contributed by atoms with E-state index in [-0.39, 0.29) is 11.6 Å². The standard InChI is InChI=1S/C16H22BrNO/c1-2-11-5-7-16(8-6-11)10-14(18)13-9-12(17)3-4-15(13)19-16/h3-4,9,11,14H,2,5-8,10,18H2,1H3/t11?,14-,16?/m1/s1. The van der Waals surface area contributed by atoms with Gasteiger partial charge in [-0.1, -0.05) is 29.3 Å². The Kier molecular flexibility index (Phi) is 3.61. The number of benzene rings is 1. The molecule has 0 saturated heterocycles. The van der Waals surface area contributed by atoms with Gasteiger partial charge in [-0.25, -0.2) is 0 Å². The molecule has 104 valence electrons. The summed E-state index contributed by atoms with van der Waals surface area (Å²) < 4.78 is 7.46. The average Bonchev–Trinajstić information content (AvgIpc) is 2.41. The zero-order valence-corrected chi connectivity index (χ0v) is 13.1. The Morgan fingerprint density at radius 3 is 2.79 bits per heavy atom. The van der Waals surface area contributed by atoms with Gasteiger partial charge in [0.25, 0.3) is 0 Å². The normalized spacial score (nSPS) is 33.8. The number of halogens is 1. The summed E-state index contributed by atoms with van der Waals surface area (Å²) in [4.78, 5) is 0. The van der Waals surface area contributed by atoms with Crippen LogP contribution in [0.1, 0.15) is 57.1 Å². The van der Waals surface area contributed by atoms with Gasteiger partial charge >= 0.3 is 0 Å². The smallest absolute Gasteiger partial charge is 0.124 e. The van der Waals surface area contributed by atoms with Crippen LogP contribution in [-0.2, 0) is 0 Å². The van der Waals surface area contributed by atoms with Crippen molar-refractivity contribution in [2.45, 2.75) is 57.1 Å². The van der Waals surface area contributed by atoms with Crippen LogP contribution in [0.3, 0.4) is 0 Å². The van der Waals surface area contributed by atoms with E-state index in [9.17, 15) is 0 Å². The molecular weight excluding hydrogens is 302 g/mol. The first-order chi connectivity index (χ1) is 9.12. The molecule has 0 bridgehead atoms. The van der Waals surface area contributed by atoms with E-state index in [4.69, 9.17) is 10.5 Å². The Balaban J connectivity index is 1.83. The van der Waals surface area contributed by atoms with Crippen LogP contribution in [0.15, 0.2) is 22.7 Å². The Hall–Kier alpha value is -0.540. The van der Waals surface area contributed by atoms with E-state index >= 15 is 0 Å². The monoisotopic (exact) mass is 323 g/mol. The van der Waals surface area contributed by atoms with Gasteiger partial charge in [0, 0.05) is 22.5 Å². The van der Waals surface area contributed by atoms with E-state index in [0.717, 1.165) is 41.0 Å². The topological polar surface area (TPSA) is 35.2 Å². The summed E-state index contributed by atoms with van der Waals surface area (Å²) in [5.74, 6) is 1.88. The second-order valence-electron chi connectivity index (χ2n) is 6.13. The summed E-state index contributed by atoms with van der Waals surface area (Å²) >= 11 is 3.51. The zero-order chi connectivity index (χ0) is 13.5. The molecule has 0 amide bonds. The van der Waals surface area contributed by atoms with Gasteiger partial charge in [0.1, 0.15) is 11.4 Å². The summed E-state index contributed by atoms with van der Waals surface area (Å²) in [5.41, 5.74) is 7.54. The second kappa shape index (κ2) is 5.10. The minimum atomic E-state index is 0.00587. The molecule has 1 fully saturated rings. The maximum atomic E-state index is 6.39. The van der Waals surface area contributed by atoms with E-state index < -0.39 is 0 Å². The third kappa shape index (κ3) is 2.55. The first-order valence-corrected chi connectivity index (χ1v) is 8.15. The van der Waals surface area contributed by atoms with Crippen molar-refractivity contribution < 1.29 is 4.74 Å². The van der Waals surface area contributed by atoms with Gasteiger partial charge in [0.15, 0.2) is 0 Å². The number of fused-ring (bicyclic) bond motifs is 1. The van der Waals surface area contributed by atoms with Crippen LogP contribution in [0.5, 0.6) is 5.75 Å². The van der Waals surface area contributed by atoms with Gasteiger partial charge in [-0.15, -0.1) is 0 Å². The number of nitrogens with two attached hydrogens (primary N) is 1. The summed E-state index contributed by atoms with van der Waals surface area (Å²) in [5, 5.41) is 0. The van der Waals surface area contributed by atoms with Crippen molar-refractivity contribution in [2.75, 3.05) is 0 Å². The highest BCUT2D eigenvalue weighted by Gasteiger charge is 2.42. The highest BCUT2D eigenvalue weighted by atomic mass is 79.9. The zero-order valence-electron chi connectivity index (χ0n) is 11.5. The average molecular weight is 324 g/mol. The SMILES string of the molecule is CCC1CCC2(CC1)C[C@@H](N)c1cc(Br)ccc1O2. The lowest BCUT2D eigenvalue weighted by molar-refractivity contribution is -0.0109. The Morgan fingerprint density at radius 2 is 2.11 bits per heavy atom. The van der Waals surface area contributed by atoms with Crippen LogP contribution in [0, 0.1) is 5.92 Å². The van der Waals surface area contributed by atoms with Crippen molar-refractivity contribution >= 4 is 15.9 Å². The highest BCUT2D eigenvalue weighted by molar-refractivity contribution is 9.10.